The van der Waals surface area contributed by atoms with Crippen molar-refractivity contribution in [2.24, 2.45) is 0 Å². The van der Waals surface area contributed by atoms with Gasteiger partial charge in [0.15, 0.2) is 0 Å². The van der Waals surface area contributed by atoms with Crippen LogP contribution in [0, 0.1) is 0 Å². The summed E-state index contributed by atoms with van der Waals surface area (Å²) in [5.74, 6) is -0.214. The summed E-state index contributed by atoms with van der Waals surface area (Å²) < 4.78 is 5.31. The fraction of sp³-hybridized carbons (Fsp3) is 0.533. The molecule has 3 nitrogen and oxygen atoms in total. The molecule has 0 amide bonds. The number of carbonyl (C=O) groups excluding carboxylic acids is 1. The summed E-state index contributed by atoms with van der Waals surface area (Å²) in [5, 5.41) is 0. The number of hydrogen-bond donors (Lipinski definition) is 0. The van der Waals surface area contributed by atoms with E-state index in [2.05, 4.69) is 11.9 Å². The first-order valence-corrected chi connectivity index (χ1v) is 6.70. The average Bonchev–Trinajstić information content (AvgIpc) is 2.42. The predicted molar refractivity (Wildman–Crippen MR) is 71.6 cm³/mol. The van der Waals surface area contributed by atoms with Crippen molar-refractivity contribution in [1.29, 1.82) is 0 Å². The zero-order valence-corrected chi connectivity index (χ0v) is 11.0. The topological polar surface area (TPSA) is 29.5 Å². The second-order valence-corrected chi connectivity index (χ2v) is 4.92. The van der Waals surface area contributed by atoms with Crippen LogP contribution in [0.4, 0.5) is 0 Å². The fourth-order valence-electron chi connectivity index (χ4n) is 2.45. The molecular weight excluding hydrogens is 226 g/mol. The highest BCUT2D eigenvalue weighted by atomic mass is 16.5. The fourth-order valence-corrected chi connectivity index (χ4v) is 2.45. The highest BCUT2D eigenvalue weighted by Gasteiger charge is 2.19. The smallest absolute Gasteiger partial charge is 0.338 e. The van der Waals surface area contributed by atoms with Gasteiger partial charge in [0.2, 0.25) is 0 Å². The Morgan fingerprint density at radius 3 is 2.83 bits per heavy atom. The number of hydrogen-bond acceptors (Lipinski definition) is 3. The van der Waals surface area contributed by atoms with Crippen LogP contribution < -0.4 is 0 Å². The van der Waals surface area contributed by atoms with E-state index < -0.39 is 0 Å². The van der Waals surface area contributed by atoms with Crippen LogP contribution in [-0.4, -0.2) is 37.1 Å². The third-order valence-corrected chi connectivity index (χ3v) is 3.62. The van der Waals surface area contributed by atoms with Gasteiger partial charge in [0, 0.05) is 6.04 Å². The highest BCUT2D eigenvalue weighted by molar-refractivity contribution is 5.89. The van der Waals surface area contributed by atoms with E-state index in [1.807, 2.05) is 18.2 Å². The lowest BCUT2D eigenvalue weighted by atomic mass is 10.0. The van der Waals surface area contributed by atoms with E-state index >= 15 is 0 Å². The summed E-state index contributed by atoms with van der Waals surface area (Å²) in [5.41, 5.74) is 0.634. The Balaban J connectivity index is 1.73. The largest absolute Gasteiger partial charge is 0.462 e. The van der Waals surface area contributed by atoms with E-state index in [0.717, 1.165) is 13.0 Å². The lowest BCUT2D eigenvalue weighted by Gasteiger charge is -2.32. The van der Waals surface area contributed by atoms with Crippen LogP contribution in [0.5, 0.6) is 0 Å². The monoisotopic (exact) mass is 247 g/mol. The quantitative estimate of drug-likeness (QED) is 0.766. The molecule has 0 aliphatic carbocycles. The Morgan fingerprint density at radius 2 is 2.11 bits per heavy atom. The van der Waals surface area contributed by atoms with Crippen molar-refractivity contribution in [3.63, 3.8) is 0 Å². The third-order valence-electron chi connectivity index (χ3n) is 3.62. The number of carbonyl (C=O) groups is 1. The van der Waals surface area contributed by atoms with Gasteiger partial charge >= 0.3 is 5.97 Å². The Kier molecular flexibility index (Phi) is 4.76. The zero-order chi connectivity index (χ0) is 12.8. The van der Waals surface area contributed by atoms with Crippen molar-refractivity contribution >= 4 is 5.97 Å². The second kappa shape index (κ2) is 6.55. The first-order chi connectivity index (χ1) is 8.77. The minimum Gasteiger partial charge on any atom is -0.462 e. The van der Waals surface area contributed by atoms with Gasteiger partial charge in [-0.25, -0.2) is 4.79 Å². The number of nitrogens with zero attached hydrogens (tertiary/aromatic N) is 1. The molecule has 98 valence electrons. The van der Waals surface area contributed by atoms with Crippen molar-refractivity contribution in [3.05, 3.63) is 35.9 Å². The molecule has 2 rings (SSSR count). The van der Waals surface area contributed by atoms with Crippen molar-refractivity contribution < 1.29 is 9.53 Å². The molecule has 3 heteroatoms. The van der Waals surface area contributed by atoms with Crippen LogP contribution in [0.3, 0.4) is 0 Å². The predicted octanol–water partition coefficient (Wildman–Crippen LogP) is 2.72. The Labute approximate surface area is 109 Å². The number of likely N-dealkylation sites (tertiary alicyclic amines) is 1. The lowest BCUT2D eigenvalue weighted by molar-refractivity contribution is 0.0450. The van der Waals surface area contributed by atoms with Crippen LogP contribution >= 0.6 is 0 Å². The molecule has 0 radical (unpaired) electrons. The molecule has 0 saturated carbocycles. The normalized spacial score (nSPS) is 20.6. The van der Waals surface area contributed by atoms with Gasteiger partial charge in [-0.15, -0.1) is 0 Å². The number of piperidine rings is 1. The summed E-state index contributed by atoms with van der Waals surface area (Å²) >= 11 is 0. The summed E-state index contributed by atoms with van der Waals surface area (Å²) in [7, 11) is 2.16. The number of esters is 1. The maximum atomic E-state index is 11.7. The number of benzene rings is 1. The van der Waals surface area contributed by atoms with E-state index in [1.54, 1.807) is 12.1 Å². The zero-order valence-electron chi connectivity index (χ0n) is 11.0. The first kappa shape index (κ1) is 13.1. The van der Waals surface area contributed by atoms with E-state index in [-0.39, 0.29) is 5.97 Å². The summed E-state index contributed by atoms with van der Waals surface area (Å²) in [4.78, 5) is 14.1. The molecule has 0 aromatic heterocycles. The van der Waals surface area contributed by atoms with Gasteiger partial charge in [0.1, 0.15) is 0 Å². The van der Waals surface area contributed by atoms with Gasteiger partial charge in [-0.2, -0.15) is 0 Å². The molecule has 1 aromatic rings. The molecule has 1 aromatic carbocycles. The molecule has 0 spiro atoms. The van der Waals surface area contributed by atoms with Crippen molar-refractivity contribution in [2.75, 3.05) is 20.2 Å². The number of rotatable bonds is 4. The standard InChI is InChI=1S/C15H21NO2/c1-16-11-6-5-9-14(16)10-12-18-15(17)13-7-3-2-4-8-13/h2-4,7-8,14H,5-6,9-12H2,1H3. The summed E-state index contributed by atoms with van der Waals surface area (Å²) in [6.07, 6.45) is 4.74. The third kappa shape index (κ3) is 3.57. The Morgan fingerprint density at radius 1 is 1.33 bits per heavy atom. The summed E-state index contributed by atoms with van der Waals surface area (Å²) in [6.45, 7) is 1.68. The van der Waals surface area contributed by atoms with Gasteiger partial charge in [-0.3, -0.25) is 0 Å². The minimum atomic E-state index is -0.214. The SMILES string of the molecule is CN1CCCCC1CCOC(=O)c1ccccc1. The van der Waals surface area contributed by atoms with Crippen LogP contribution in [0.1, 0.15) is 36.0 Å². The molecule has 1 heterocycles. The van der Waals surface area contributed by atoms with E-state index in [9.17, 15) is 4.79 Å². The molecule has 1 atom stereocenters. The maximum Gasteiger partial charge on any atom is 0.338 e. The number of ether oxygens (including phenoxy) is 1. The average molecular weight is 247 g/mol. The molecule has 1 aliphatic heterocycles. The van der Waals surface area contributed by atoms with E-state index in [4.69, 9.17) is 4.74 Å². The van der Waals surface area contributed by atoms with Gasteiger partial charge in [0.25, 0.3) is 0 Å². The van der Waals surface area contributed by atoms with Crippen LogP contribution in [0.2, 0.25) is 0 Å². The van der Waals surface area contributed by atoms with E-state index in [0.29, 0.717) is 18.2 Å². The van der Waals surface area contributed by atoms with Crippen molar-refractivity contribution in [1.82, 2.24) is 4.90 Å². The van der Waals surface area contributed by atoms with Gasteiger partial charge in [0.05, 0.1) is 12.2 Å². The molecule has 1 fully saturated rings. The molecule has 1 aliphatic rings. The molecule has 18 heavy (non-hydrogen) atoms. The molecule has 0 bridgehead atoms. The van der Waals surface area contributed by atoms with Crippen LogP contribution in [-0.2, 0) is 4.74 Å². The van der Waals surface area contributed by atoms with Gasteiger partial charge < -0.3 is 9.64 Å². The summed E-state index contributed by atoms with van der Waals surface area (Å²) in [6, 6.07) is 9.75. The second-order valence-electron chi connectivity index (χ2n) is 4.92. The van der Waals surface area contributed by atoms with Gasteiger partial charge in [-0.1, -0.05) is 24.6 Å². The van der Waals surface area contributed by atoms with Crippen molar-refractivity contribution in [3.8, 4) is 0 Å². The van der Waals surface area contributed by atoms with Crippen LogP contribution in [0.15, 0.2) is 30.3 Å². The molecular formula is C15H21NO2. The highest BCUT2D eigenvalue weighted by Crippen LogP contribution is 2.17. The molecule has 0 N–H and O–H groups in total. The lowest BCUT2D eigenvalue weighted by Crippen LogP contribution is -2.37. The Bertz CT molecular complexity index is 377. The van der Waals surface area contributed by atoms with Crippen molar-refractivity contribution in [2.45, 2.75) is 31.7 Å². The van der Waals surface area contributed by atoms with Gasteiger partial charge in [-0.05, 0) is 45.0 Å². The minimum absolute atomic E-state index is 0.214. The van der Waals surface area contributed by atoms with E-state index in [1.165, 1.54) is 19.3 Å². The Hall–Kier alpha value is -1.35. The maximum absolute atomic E-state index is 11.7. The first-order valence-electron chi connectivity index (χ1n) is 6.70. The molecule has 1 unspecified atom stereocenters. The van der Waals surface area contributed by atoms with Crippen LogP contribution in [0.25, 0.3) is 0 Å². The molecule has 1 saturated heterocycles.